The topological polar surface area (TPSA) is 75.3 Å². The molecule has 0 spiro atoms. The Morgan fingerprint density at radius 3 is 2.24 bits per heavy atom. The number of hydrogen-bond donors (Lipinski definition) is 2. The minimum atomic E-state index is -3.64. The molecule has 0 aromatic heterocycles. The van der Waals surface area contributed by atoms with E-state index in [2.05, 4.69) is 10.6 Å². The largest absolute Gasteiger partial charge is 0.323 e. The third kappa shape index (κ3) is 5.73. The summed E-state index contributed by atoms with van der Waals surface area (Å²) < 4.78 is 25.5. The van der Waals surface area contributed by atoms with Gasteiger partial charge < -0.3 is 10.6 Å². The van der Waals surface area contributed by atoms with Crippen LogP contribution in [0.2, 0.25) is 10.0 Å². The first-order chi connectivity index (χ1) is 13.7. The average Bonchev–Trinajstić information content (AvgIpc) is 2.66. The summed E-state index contributed by atoms with van der Waals surface area (Å²) in [6.07, 6.45) is 0. The molecule has 5 nitrogen and oxygen atoms in total. The van der Waals surface area contributed by atoms with Crippen molar-refractivity contribution in [1.29, 1.82) is 0 Å². The summed E-state index contributed by atoms with van der Waals surface area (Å²) in [5, 5.41) is 6.00. The summed E-state index contributed by atoms with van der Waals surface area (Å²) in [4.78, 5) is 12.3. The monoisotopic (exact) mass is 448 g/mol. The van der Waals surface area contributed by atoms with Gasteiger partial charge in [0, 0.05) is 11.4 Å². The lowest BCUT2D eigenvalue weighted by Crippen LogP contribution is -2.19. The van der Waals surface area contributed by atoms with Gasteiger partial charge in [-0.15, -0.1) is 0 Å². The van der Waals surface area contributed by atoms with Gasteiger partial charge in [0.15, 0.2) is 9.84 Å². The minimum Gasteiger partial charge on any atom is -0.308 e. The van der Waals surface area contributed by atoms with Gasteiger partial charge in [-0.3, -0.25) is 0 Å². The second kappa shape index (κ2) is 8.86. The van der Waals surface area contributed by atoms with Crippen molar-refractivity contribution < 1.29 is 13.2 Å². The van der Waals surface area contributed by atoms with Crippen LogP contribution >= 0.6 is 23.2 Å². The fraction of sp³-hybridized carbons (Fsp3) is 0.0952. The Balaban J connectivity index is 1.72. The van der Waals surface area contributed by atoms with Crippen molar-refractivity contribution in [3.63, 3.8) is 0 Å². The summed E-state index contributed by atoms with van der Waals surface area (Å²) >= 11 is 11.8. The molecule has 0 saturated carbocycles. The minimum absolute atomic E-state index is 0.0942. The molecule has 2 N–H and O–H groups in total. The lowest BCUT2D eigenvalue weighted by molar-refractivity contribution is 0.262. The molecular weight excluding hydrogens is 431 g/mol. The molecule has 150 valence electrons. The molecule has 0 aliphatic rings. The van der Waals surface area contributed by atoms with Crippen LogP contribution in [0.25, 0.3) is 0 Å². The highest BCUT2D eigenvalue weighted by Crippen LogP contribution is 2.26. The Morgan fingerprint density at radius 2 is 1.55 bits per heavy atom. The van der Waals surface area contributed by atoms with Gasteiger partial charge in [0.2, 0.25) is 0 Å². The van der Waals surface area contributed by atoms with Crippen molar-refractivity contribution in [3.8, 4) is 0 Å². The van der Waals surface area contributed by atoms with Crippen molar-refractivity contribution >= 4 is 50.4 Å². The van der Waals surface area contributed by atoms with E-state index in [0.717, 1.165) is 5.56 Å². The molecule has 3 aromatic carbocycles. The summed E-state index contributed by atoms with van der Waals surface area (Å²) in [6, 6.07) is 17.7. The molecular formula is C21H18Cl2N2O3S. The number of sulfone groups is 1. The number of aryl methyl sites for hydroxylation is 1. The fourth-order valence-electron chi connectivity index (χ4n) is 2.63. The van der Waals surface area contributed by atoms with Crippen LogP contribution in [0.5, 0.6) is 0 Å². The van der Waals surface area contributed by atoms with Gasteiger partial charge in [0.25, 0.3) is 0 Å². The highest BCUT2D eigenvalue weighted by Gasteiger charge is 2.17. The number of benzene rings is 3. The lowest BCUT2D eigenvalue weighted by atomic mass is 10.2. The van der Waals surface area contributed by atoms with Crippen LogP contribution in [0.1, 0.15) is 11.1 Å². The maximum atomic E-state index is 12.8. The number of nitrogens with one attached hydrogen (secondary N) is 2. The molecule has 3 rings (SSSR count). The molecule has 0 fully saturated rings. The van der Waals surface area contributed by atoms with Crippen LogP contribution in [-0.4, -0.2) is 14.4 Å². The number of urea groups is 1. The highest BCUT2D eigenvalue weighted by molar-refractivity contribution is 7.90. The number of halogens is 2. The number of anilines is 2. The Bertz CT molecular complexity index is 1150. The molecule has 0 radical (unpaired) electrons. The van der Waals surface area contributed by atoms with E-state index in [-0.39, 0.29) is 10.6 Å². The number of carbonyl (C=O) groups excluding carboxylic acids is 1. The summed E-state index contributed by atoms with van der Waals surface area (Å²) in [7, 11) is -3.64. The normalized spacial score (nSPS) is 11.1. The van der Waals surface area contributed by atoms with Crippen molar-refractivity contribution in [2.45, 2.75) is 17.6 Å². The zero-order chi connectivity index (χ0) is 21.0. The fourth-order valence-corrected chi connectivity index (χ4v) is 4.33. The number of hydrogen-bond acceptors (Lipinski definition) is 3. The summed E-state index contributed by atoms with van der Waals surface area (Å²) in [5.74, 6) is -0.233. The molecule has 0 bridgehead atoms. The Morgan fingerprint density at radius 1 is 0.862 bits per heavy atom. The quantitative estimate of drug-likeness (QED) is 0.508. The van der Waals surface area contributed by atoms with E-state index in [9.17, 15) is 13.2 Å². The SMILES string of the molecule is Cc1ccc(NC(=O)Nc2cccc(S(=O)(=O)Cc3ccc(Cl)c(Cl)c3)c2)cc1. The third-order valence-electron chi connectivity index (χ3n) is 4.10. The Labute approximate surface area is 179 Å². The summed E-state index contributed by atoms with van der Waals surface area (Å²) in [6.45, 7) is 1.95. The first kappa shape index (κ1) is 21.2. The van der Waals surface area contributed by atoms with E-state index in [0.29, 0.717) is 27.0 Å². The molecule has 0 unspecified atom stereocenters. The highest BCUT2D eigenvalue weighted by atomic mass is 35.5. The van der Waals surface area contributed by atoms with Gasteiger partial charge in [0.05, 0.1) is 20.7 Å². The zero-order valence-corrected chi connectivity index (χ0v) is 17.8. The van der Waals surface area contributed by atoms with E-state index in [4.69, 9.17) is 23.2 Å². The van der Waals surface area contributed by atoms with E-state index in [1.807, 2.05) is 19.1 Å². The molecule has 2 amide bonds. The first-order valence-electron chi connectivity index (χ1n) is 8.64. The van der Waals surface area contributed by atoms with Gasteiger partial charge in [-0.2, -0.15) is 0 Å². The lowest BCUT2D eigenvalue weighted by Gasteiger charge is -2.10. The molecule has 0 aliphatic carbocycles. The number of carbonyl (C=O) groups is 1. The van der Waals surface area contributed by atoms with Crippen LogP contribution in [0.3, 0.4) is 0 Å². The van der Waals surface area contributed by atoms with E-state index < -0.39 is 15.9 Å². The second-order valence-corrected chi connectivity index (χ2v) is 9.28. The molecule has 0 saturated heterocycles. The molecule has 8 heteroatoms. The third-order valence-corrected chi connectivity index (χ3v) is 6.53. The Hall–Kier alpha value is -2.54. The van der Waals surface area contributed by atoms with Crippen molar-refractivity contribution in [2.75, 3.05) is 10.6 Å². The smallest absolute Gasteiger partial charge is 0.308 e. The van der Waals surface area contributed by atoms with Gasteiger partial charge in [-0.05, 0) is 55.0 Å². The predicted molar refractivity (Wildman–Crippen MR) is 118 cm³/mol. The predicted octanol–water partition coefficient (Wildman–Crippen LogP) is 5.92. The van der Waals surface area contributed by atoms with E-state index >= 15 is 0 Å². The van der Waals surface area contributed by atoms with Crippen LogP contribution in [0.15, 0.2) is 71.6 Å². The van der Waals surface area contributed by atoms with Crippen LogP contribution in [0, 0.1) is 6.92 Å². The average molecular weight is 449 g/mol. The second-order valence-electron chi connectivity index (χ2n) is 6.48. The van der Waals surface area contributed by atoms with Crippen LogP contribution < -0.4 is 10.6 Å². The van der Waals surface area contributed by atoms with Gasteiger partial charge >= 0.3 is 6.03 Å². The summed E-state index contributed by atoms with van der Waals surface area (Å²) in [5.41, 5.74) is 2.60. The molecule has 0 atom stereocenters. The number of rotatable bonds is 5. The molecule has 29 heavy (non-hydrogen) atoms. The van der Waals surface area contributed by atoms with Gasteiger partial charge in [-0.1, -0.05) is 53.0 Å². The van der Waals surface area contributed by atoms with E-state index in [1.165, 1.54) is 18.2 Å². The molecule has 3 aromatic rings. The first-order valence-corrected chi connectivity index (χ1v) is 11.1. The van der Waals surface area contributed by atoms with Crippen LogP contribution in [-0.2, 0) is 15.6 Å². The molecule has 0 aliphatic heterocycles. The van der Waals surface area contributed by atoms with Gasteiger partial charge in [0.1, 0.15) is 0 Å². The van der Waals surface area contributed by atoms with Crippen molar-refractivity contribution in [2.24, 2.45) is 0 Å². The van der Waals surface area contributed by atoms with Crippen molar-refractivity contribution in [1.82, 2.24) is 0 Å². The van der Waals surface area contributed by atoms with Gasteiger partial charge in [-0.25, -0.2) is 13.2 Å². The van der Waals surface area contributed by atoms with Crippen molar-refractivity contribution in [3.05, 3.63) is 87.9 Å². The standard InChI is InChI=1S/C21H18Cl2N2O3S/c1-14-5-8-16(9-6-14)24-21(26)25-17-3-2-4-18(12-17)29(27,28)13-15-7-10-19(22)20(23)11-15/h2-12H,13H2,1H3,(H2,24,25,26). The maximum Gasteiger partial charge on any atom is 0.323 e. The molecule has 0 heterocycles. The number of amides is 2. The zero-order valence-electron chi connectivity index (χ0n) is 15.4. The Kier molecular flexibility index (Phi) is 6.47. The van der Waals surface area contributed by atoms with Crippen LogP contribution in [0.4, 0.5) is 16.2 Å². The maximum absolute atomic E-state index is 12.8. The van der Waals surface area contributed by atoms with E-state index in [1.54, 1.807) is 36.4 Å².